The van der Waals surface area contributed by atoms with Crippen LogP contribution in [0.3, 0.4) is 0 Å². The summed E-state index contributed by atoms with van der Waals surface area (Å²) in [5.74, 6) is -0.311. The lowest BCUT2D eigenvalue weighted by molar-refractivity contribution is 0.275. The topological polar surface area (TPSA) is 12.0 Å². The molecular weight excluding hydrogens is 232 g/mol. The van der Waals surface area contributed by atoms with Crippen molar-refractivity contribution in [1.82, 2.24) is 5.32 Å². The van der Waals surface area contributed by atoms with E-state index >= 15 is 0 Å². The fourth-order valence-corrected chi connectivity index (χ4v) is 2.97. The lowest BCUT2D eigenvalue weighted by atomic mass is 9.81. The predicted octanol–water partition coefficient (Wildman–Crippen LogP) is 3.68. The van der Waals surface area contributed by atoms with Gasteiger partial charge in [0.15, 0.2) is 0 Å². The maximum atomic E-state index is 13.6. The first kappa shape index (κ1) is 13.5. The van der Waals surface area contributed by atoms with Crippen molar-refractivity contribution >= 4 is 0 Å². The molecule has 0 saturated heterocycles. The first-order valence-corrected chi connectivity index (χ1v) is 6.82. The molecule has 1 N–H and O–H groups in total. The highest BCUT2D eigenvalue weighted by Crippen LogP contribution is 2.28. The zero-order chi connectivity index (χ0) is 13.0. The fraction of sp³-hybridized carbons (Fsp3) is 0.600. The average Bonchev–Trinajstić information content (AvgIpc) is 2.39. The molecule has 1 nitrogen and oxygen atoms in total. The van der Waals surface area contributed by atoms with Gasteiger partial charge in [-0.05, 0) is 43.9 Å². The highest BCUT2D eigenvalue weighted by atomic mass is 19.1. The maximum Gasteiger partial charge on any atom is 0.129 e. The minimum atomic E-state index is -0.505. The summed E-state index contributed by atoms with van der Waals surface area (Å²) < 4.78 is 26.5. The Morgan fingerprint density at radius 1 is 1.22 bits per heavy atom. The fourth-order valence-electron chi connectivity index (χ4n) is 2.97. The van der Waals surface area contributed by atoms with Gasteiger partial charge in [-0.25, -0.2) is 8.78 Å². The molecule has 1 saturated carbocycles. The molecule has 0 aromatic heterocycles. The third-order valence-electron chi connectivity index (χ3n) is 4.04. The van der Waals surface area contributed by atoms with Crippen molar-refractivity contribution in [2.75, 3.05) is 7.05 Å². The summed E-state index contributed by atoms with van der Waals surface area (Å²) in [7, 11) is 1.93. The van der Waals surface area contributed by atoms with Gasteiger partial charge in [-0.2, -0.15) is 0 Å². The van der Waals surface area contributed by atoms with Crippen molar-refractivity contribution in [1.29, 1.82) is 0 Å². The molecule has 0 heterocycles. The standard InChI is InChI=1S/C15H21F2N/c1-18-15(11-5-3-2-4-6-11)9-12-7-8-13(16)10-14(12)17/h7-8,10-11,15,18H,2-6,9H2,1H3. The first-order valence-electron chi connectivity index (χ1n) is 6.82. The van der Waals surface area contributed by atoms with Gasteiger partial charge in [0, 0.05) is 12.1 Å². The predicted molar refractivity (Wildman–Crippen MR) is 69.5 cm³/mol. The van der Waals surface area contributed by atoms with Crippen LogP contribution in [0, 0.1) is 17.6 Å². The van der Waals surface area contributed by atoms with Crippen LogP contribution in [0.1, 0.15) is 37.7 Å². The van der Waals surface area contributed by atoms with Crippen LogP contribution < -0.4 is 5.32 Å². The first-order chi connectivity index (χ1) is 8.70. The van der Waals surface area contributed by atoms with E-state index in [0.29, 0.717) is 23.9 Å². The maximum absolute atomic E-state index is 13.6. The van der Waals surface area contributed by atoms with Gasteiger partial charge in [-0.1, -0.05) is 25.3 Å². The molecule has 0 bridgehead atoms. The quantitative estimate of drug-likeness (QED) is 0.863. The largest absolute Gasteiger partial charge is 0.316 e. The van der Waals surface area contributed by atoms with E-state index in [1.807, 2.05) is 7.05 Å². The molecule has 2 rings (SSSR count). The van der Waals surface area contributed by atoms with E-state index in [0.717, 1.165) is 6.07 Å². The van der Waals surface area contributed by atoms with Gasteiger partial charge in [0.05, 0.1) is 0 Å². The van der Waals surface area contributed by atoms with E-state index in [9.17, 15) is 8.78 Å². The van der Waals surface area contributed by atoms with E-state index in [-0.39, 0.29) is 0 Å². The van der Waals surface area contributed by atoms with E-state index < -0.39 is 11.6 Å². The number of halogens is 2. The summed E-state index contributed by atoms with van der Waals surface area (Å²) in [6.07, 6.45) is 6.94. The normalized spacial score (nSPS) is 18.8. The van der Waals surface area contributed by atoms with Crippen molar-refractivity contribution in [3.8, 4) is 0 Å². The Balaban J connectivity index is 2.04. The van der Waals surface area contributed by atoms with Crippen molar-refractivity contribution < 1.29 is 8.78 Å². The van der Waals surface area contributed by atoms with Crippen molar-refractivity contribution in [2.45, 2.75) is 44.6 Å². The Hall–Kier alpha value is -0.960. The van der Waals surface area contributed by atoms with Crippen molar-refractivity contribution in [3.63, 3.8) is 0 Å². The molecule has 1 aromatic rings. The van der Waals surface area contributed by atoms with Crippen LogP contribution >= 0.6 is 0 Å². The van der Waals surface area contributed by atoms with Crippen LogP contribution in [-0.4, -0.2) is 13.1 Å². The minimum Gasteiger partial charge on any atom is -0.316 e. The highest BCUT2D eigenvalue weighted by Gasteiger charge is 2.23. The zero-order valence-corrected chi connectivity index (χ0v) is 10.9. The molecule has 1 unspecified atom stereocenters. The van der Waals surface area contributed by atoms with Crippen molar-refractivity contribution in [2.24, 2.45) is 5.92 Å². The summed E-state index contributed by atoms with van der Waals surface area (Å²) in [5, 5.41) is 3.30. The molecule has 0 spiro atoms. The Morgan fingerprint density at radius 2 is 1.94 bits per heavy atom. The van der Waals surface area contributed by atoms with Crippen LogP contribution in [0.5, 0.6) is 0 Å². The van der Waals surface area contributed by atoms with E-state index in [1.54, 1.807) is 6.07 Å². The summed E-state index contributed by atoms with van der Waals surface area (Å²) in [6.45, 7) is 0. The molecule has 1 atom stereocenters. The number of likely N-dealkylation sites (N-methyl/N-ethyl adjacent to an activating group) is 1. The van der Waals surface area contributed by atoms with Gasteiger partial charge in [0.2, 0.25) is 0 Å². The Bertz CT molecular complexity index is 386. The minimum absolute atomic E-state index is 0.297. The second kappa shape index (κ2) is 6.28. The molecule has 1 aromatic carbocycles. The summed E-state index contributed by atoms with van der Waals surface area (Å²) >= 11 is 0. The van der Waals surface area contributed by atoms with Crippen LogP contribution in [0.15, 0.2) is 18.2 Å². The molecular formula is C15H21F2N. The lowest BCUT2D eigenvalue weighted by Crippen LogP contribution is -2.36. The van der Waals surface area contributed by atoms with Crippen LogP contribution in [0.4, 0.5) is 8.78 Å². The molecule has 0 amide bonds. The van der Waals surface area contributed by atoms with Gasteiger partial charge in [-0.3, -0.25) is 0 Å². The lowest BCUT2D eigenvalue weighted by Gasteiger charge is -2.30. The van der Waals surface area contributed by atoms with E-state index in [4.69, 9.17) is 0 Å². The highest BCUT2D eigenvalue weighted by molar-refractivity contribution is 5.19. The number of benzene rings is 1. The third kappa shape index (κ3) is 3.29. The SMILES string of the molecule is CNC(Cc1ccc(F)cc1F)C1CCCCC1. The van der Waals surface area contributed by atoms with Gasteiger partial charge >= 0.3 is 0 Å². The third-order valence-corrected chi connectivity index (χ3v) is 4.04. The summed E-state index contributed by atoms with van der Waals surface area (Å²) in [4.78, 5) is 0. The zero-order valence-electron chi connectivity index (χ0n) is 10.9. The van der Waals surface area contributed by atoms with Crippen molar-refractivity contribution in [3.05, 3.63) is 35.4 Å². The molecule has 3 heteroatoms. The Kier molecular flexibility index (Phi) is 4.70. The molecule has 1 aliphatic rings. The van der Waals surface area contributed by atoms with Crippen LogP contribution in [0.25, 0.3) is 0 Å². The Labute approximate surface area is 108 Å². The van der Waals surface area contributed by atoms with E-state index in [2.05, 4.69) is 5.32 Å². The van der Waals surface area contributed by atoms with Gasteiger partial charge < -0.3 is 5.32 Å². The van der Waals surface area contributed by atoms with Gasteiger partial charge in [0.1, 0.15) is 11.6 Å². The number of rotatable bonds is 4. The molecule has 18 heavy (non-hydrogen) atoms. The second-order valence-corrected chi connectivity index (χ2v) is 5.23. The molecule has 1 aliphatic carbocycles. The number of hydrogen-bond acceptors (Lipinski definition) is 1. The number of nitrogens with one attached hydrogen (secondary N) is 1. The molecule has 100 valence electrons. The summed E-state index contributed by atoms with van der Waals surface area (Å²) in [6, 6.07) is 4.18. The van der Waals surface area contributed by atoms with Crippen LogP contribution in [-0.2, 0) is 6.42 Å². The molecule has 0 radical (unpaired) electrons. The van der Waals surface area contributed by atoms with Gasteiger partial charge in [-0.15, -0.1) is 0 Å². The molecule has 1 fully saturated rings. The summed E-state index contributed by atoms with van der Waals surface area (Å²) in [5.41, 5.74) is 0.612. The monoisotopic (exact) mass is 253 g/mol. The Morgan fingerprint density at radius 3 is 2.56 bits per heavy atom. The van der Waals surface area contributed by atoms with Crippen LogP contribution in [0.2, 0.25) is 0 Å². The van der Waals surface area contributed by atoms with Gasteiger partial charge in [0.25, 0.3) is 0 Å². The second-order valence-electron chi connectivity index (χ2n) is 5.23. The number of hydrogen-bond donors (Lipinski definition) is 1. The smallest absolute Gasteiger partial charge is 0.129 e. The molecule has 0 aliphatic heterocycles. The average molecular weight is 253 g/mol. The van der Waals surface area contributed by atoms with E-state index in [1.165, 1.54) is 38.2 Å².